The third-order valence-electron chi connectivity index (χ3n) is 11.7. The van der Waals surface area contributed by atoms with E-state index < -0.39 is 23.3 Å². The maximum absolute atomic E-state index is 17.0. The lowest BCUT2D eigenvalue weighted by atomic mass is 9.94. The molecule has 1 N–H and O–H groups in total. The molecule has 0 spiro atoms. The molecule has 4 aliphatic rings. The Labute approximate surface area is 292 Å². The zero-order valence-corrected chi connectivity index (χ0v) is 28.5. The van der Waals surface area contributed by atoms with Crippen molar-refractivity contribution in [1.29, 1.82) is 0 Å². The Kier molecular flexibility index (Phi) is 7.50. The molecular weight excluding hydrogens is 659 g/mol. The molecule has 6 heterocycles. The van der Waals surface area contributed by atoms with E-state index in [1.165, 1.54) is 29.1 Å². The fourth-order valence-electron chi connectivity index (χ4n) is 9.18. The van der Waals surface area contributed by atoms with Crippen molar-refractivity contribution in [3.8, 4) is 23.0 Å². The molecule has 1 saturated carbocycles. The fraction of sp³-hybridized carbons (Fsp3) is 0.447. The molecule has 0 amide bonds. The number of phenols is 1. The van der Waals surface area contributed by atoms with Crippen molar-refractivity contribution in [1.82, 2.24) is 29.6 Å². The van der Waals surface area contributed by atoms with Crippen LogP contribution in [0.2, 0.25) is 0 Å². The minimum Gasteiger partial charge on any atom is -0.508 e. The summed E-state index contributed by atoms with van der Waals surface area (Å²) < 4.78 is 54.4. The minimum atomic E-state index is -0.941. The van der Waals surface area contributed by atoms with Crippen LogP contribution < -0.4 is 9.64 Å². The first-order valence-electron chi connectivity index (χ1n) is 17.8. The number of carbonyl (C=O) groups excluding carboxylic acids is 1. The van der Waals surface area contributed by atoms with E-state index in [1.807, 2.05) is 24.8 Å². The number of nitrogens with zero attached hydrogens (tertiary/aromatic N) is 7. The Bertz CT molecular complexity index is 2230. The Hall–Kier alpha value is -4.78. The summed E-state index contributed by atoms with van der Waals surface area (Å²) in [7, 11) is 0. The topological polar surface area (TPSA) is 110 Å². The molecule has 0 unspecified atom stereocenters. The quantitative estimate of drug-likeness (QED) is 0.211. The van der Waals surface area contributed by atoms with Gasteiger partial charge in [-0.15, -0.1) is 0 Å². The van der Waals surface area contributed by atoms with Gasteiger partial charge in [-0.3, -0.25) is 14.7 Å². The van der Waals surface area contributed by atoms with E-state index >= 15 is 8.78 Å². The summed E-state index contributed by atoms with van der Waals surface area (Å²) in [5.41, 5.74) is 0.832. The molecule has 4 fully saturated rings. The van der Waals surface area contributed by atoms with Crippen molar-refractivity contribution in [3.63, 3.8) is 0 Å². The molecule has 0 bridgehead atoms. The number of hydrogen-bond donors (Lipinski definition) is 1. The zero-order valence-electron chi connectivity index (χ0n) is 28.5. The highest BCUT2D eigenvalue weighted by atomic mass is 19.1. The molecule has 3 aliphatic heterocycles. The standard InChI is InChI=1S/C38H38F3N7O3/c1-3-24-29(40)6-5-21-13-23(49)14-26(30(21)24)33-32(41)34-27(16-42-33)35(44-37(43-34)51-19-38-9-4-10-47(38)17-22(39)15-38)46-11-8-25-28(18-46)31(25)36(50)48-12-7-20(2)45-48/h5-7,12-14,16,22,25,28,31,49H,3-4,8-11,15,17-19H2,1-2H3/t22-,25-,28+,31-,38+/m1/s1. The summed E-state index contributed by atoms with van der Waals surface area (Å²) in [5.74, 6) is -0.750. The largest absolute Gasteiger partial charge is 0.508 e. The fourth-order valence-corrected chi connectivity index (χ4v) is 9.18. The number of halogens is 3. The van der Waals surface area contributed by atoms with Gasteiger partial charge in [-0.1, -0.05) is 13.0 Å². The molecule has 51 heavy (non-hydrogen) atoms. The Morgan fingerprint density at radius 3 is 2.78 bits per heavy atom. The van der Waals surface area contributed by atoms with E-state index in [4.69, 9.17) is 9.72 Å². The molecular formula is C38H38F3N7O3. The average molecular weight is 698 g/mol. The maximum atomic E-state index is 17.0. The number of ether oxygens (including phenoxy) is 1. The van der Waals surface area contributed by atoms with Gasteiger partial charge in [0.15, 0.2) is 5.82 Å². The predicted octanol–water partition coefficient (Wildman–Crippen LogP) is 6.26. The summed E-state index contributed by atoms with van der Waals surface area (Å²) in [4.78, 5) is 31.5. The van der Waals surface area contributed by atoms with Crippen LogP contribution in [-0.4, -0.2) is 85.1 Å². The monoisotopic (exact) mass is 697 g/mol. The molecule has 264 valence electrons. The lowest BCUT2D eigenvalue weighted by Gasteiger charge is -2.31. The zero-order chi connectivity index (χ0) is 35.2. The van der Waals surface area contributed by atoms with Gasteiger partial charge in [-0.25, -0.2) is 17.9 Å². The summed E-state index contributed by atoms with van der Waals surface area (Å²) in [6.07, 6.45) is 5.45. The van der Waals surface area contributed by atoms with Gasteiger partial charge in [0.05, 0.1) is 16.6 Å². The van der Waals surface area contributed by atoms with Gasteiger partial charge >= 0.3 is 6.01 Å². The van der Waals surface area contributed by atoms with Gasteiger partial charge in [0.1, 0.15) is 41.4 Å². The van der Waals surface area contributed by atoms with Crippen LogP contribution in [0.4, 0.5) is 19.0 Å². The number of alkyl halides is 1. The van der Waals surface area contributed by atoms with E-state index in [-0.39, 0.29) is 58.8 Å². The molecule has 3 saturated heterocycles. The lowest BCUT2D eigenvalue weighted by Crippen LogP contribution is -2.43. The Balaban J connectivity index is 1.13. The number of hydrogen-bond acceptors (Lipinski definition) is 9. The molecule has 13 heteroatoms. The third kappa shape index (κ3) is 5.22. The van der Waals surface area contributed by atoms with Gasteiger partial charge < -0.3 is 14.7 Å². The van der Waals surface area contributed by atoms with E-state index in [0.717, 1.165) is 31.5 Å². The number of benzene rings is 2. The summed E-state index contributed by atoms with van der Waals surface area (Å²) in [5, 5.41) is 16.4. The van der Waals surface area contributed by atoms with Crippen LogP contribution in [0, 0.1) is 36.3 Å². The Morgan fingerprint density at radius 2 is 1.98 bits per heavy atom. The number of fused-ring (bicyclic) bond motifs is 4. The van der Waals surface area contributed by atoms with Crippen LogP contribution in [0.5, 0.6) is 11.8 Å². The second-order valence-electron chi connectivity index (χ2n) is 14.7. The summed E-state index contributed by atoms with van der Waals surface area (Å²) >= 11 is 0. The van der Waals surface area contributed by atoms with Crippen molar-refractivity contribution < 1.29 is 27.8 Å². The second kappa shape index (κ2) is 11.9. The predicted molar refractivity (Wildman–Crippen MR) is 185 cm³/mol. The second-order valence-corrected chi connectivity index (χ2v) is 14.7. The van der Waals surface area contributed by atoms with Gasteiger partial charge in [-0.05, 0) is 91.6 Å². The first-order chi connectivity index (χ1) is 24.6. The number of aryl methyl sites for hydroxylation is 2. The number of pyridine rings is 1. The van der Waals surface area contributed by atoms with Crippen molar-refractivity contribution in [2.75, 3.05) is 37.7 Å². The van der Waals surface area contributed by atoms with Crippen molar-refractivity contribution in [2.24, 2.45) is 17.8 Å². The number of carbonyl (C=O) groups is 1. The number of phenolic OH excluding ortho intramolecular Hbond substituents is 1. The number of rotatable bonds is 7. The third-order valence-corrected chi connectivity index (χ3v) is 11.7. The van der Waals surface area contributed by atoms with E-state index in [9.17, 15) is 14.3 Å². The number of aromatic nitrogens is 5. The number of aromatic hydroxyl groups is 1. The first-order valence-corrected chi connectivity index (χ1v) is 17.8. The van der Waals surface area contributed by atoms with Crippen LogP contribution >= 0.6 is 0 Å². The Morgan fingerprint density at radius 1 is 1.12 bits per heavy atom. The molecule has 9 rings (SSSR count). The van der Waals surface area contributed by atoms with Gasteiger partial charge in [0, 0.05) is 49.9 Å². The van der Waals surface area contributed by atoms with Gasteiger partial charge in [0.25, 0.3) is 5.91 Å². The lowest BCUT2D eigenvalue weighted by molar-refractivity contribution is 0.0857. The van der Waals surface area contributed by atoms with E-state index in [0.29, 0.717) is 60.0 Å². The van der Waals surface area contributed by atoms with E-state index in [2.05, 4.69) is 20.0 Å². The molecule has 5 aromatic rings. The van der Waals surface area contributed by atoms with Crippen LogP contribution in [0.15, 0.2) is 42.7 Å². The van der Waals surface area contributed by atoms with Gasteiger partial charge in [0.2, 0.25) is 0 Å². The highest BCUT2D eigenvalue weighted by Gasteiger charge is 2.57. The molecule has 0 radical (unpaired) electrons. The smallest absolute Gasteiger partial charge is 0.319 e. The SMILES string of the molecule is CCc1c(F)ccc2cc(O)cc(-c3ncc4c(N5CC[C@@H]6[C@H](C5)[C@@H]6C(=O)n5ccc(C)n5)nc(OC[C@@]56CCCN5C[C@H](F)C6)nc4c3F)c12. The number of anilines is 1. The maximum Gasteiger partial charge on any atom is 0.319 e. The molecule has 5 atom stereocenters. The van der Waals surface area contributed by atoms with Crippen LogP contribution in [0.3, 0.4) is 0 Å². The minimum absolute atomic E-state index is 0.0286. The summed E-state index contributed by atoms with van der Waals surface area (Å²) in [6.45, 7) is 6.09. The summed E-state index contributed by atoms with van der Waals surface area (Å²) in [6, 6.07) is 7.60. The van der Waals surface area contributed by atoms with Crippen molar-refractivity contribution in [3.05, 3.63) is 65.6 Å². The van der Waals surface area contributed by atoms with Crippen LogP contribution in [0.1, 0.15) is 48.7 Å². The molecule has 2 aromatic carbocycles. The van der Waals surface area contributed by atoms with Crippen LogP contribution in [0.25, 0.3) is 32.9 Å². The van der Waals surface area contributed by atoms with Crippen LogP contribution in [-0.2, 0) is 6.42 Å². The molecule has 3 aromatic heterocycles. The molecule has 1 aliphatic carbocycles. The van der Waals surface area contributed by atoms with Gasteiger partial charge in [-0.2, -0.15) is 15.1 Å². The highest BCUT2D eigenvalue weighted by Crippen LogP contribution is 2.53. The normalized spacial score (nSPS) is 25.8. The highest BCUT2D eigenvalue weighted by molar-refractivity contribution is 6.01. The van der Waals surface area contributed by atoms with Crippen molar-refractivity contribution >= 4 is 33.4 Å². The van der Waals surface area contributed by atoms with Crippen molar-refractivity contribution in [2.45, 2.75) is 57.7 Å². The number of piperidine rings is 1. The average Bonchev–Trinajstić information content (AvgIpc) is 3.30. The molecule has 10 nitrogen and oxygen atoms in total. The van der Waals surface area contributed by atoms with E-state index in [1.54, 1.807) is 12.3 Å². The first kappa shape index (κ1) is 32.1.